The van der Waals surface area contributed by atoms with Crippen LogP contribution in [0.25, 0.3) is 0 Å². The average molecular weight is 285 g/mol. The Morgan fingerprint density at radius 3 is 2.57 bits per heavy atom. The van der Waals surface area contributed by atoms with Crippen LogP contribution in [-0.4, -0.2) is 11.7 Å². The van der Waals surface area contributed by atoms with Crippen molar-refractivity contribution in [3.8, 4) is 0 Å². The van der Waals surface area contributed by atoms with Crippen molar-refractivity contribution in [2.75, 3.05) is 5.32 Å². The summed E-state index contributed by atoms with van der Waals surface area (Å²) in [6, 6.07) is 5.96. The summed E-state index contributed by atoms with van der Waals surface area (Å²) in [6.45, 7) is 8.00. The SMILES string of the molecule is Cc1ccc(NC(=O)[C@]23CC[C@H](C2)C(C)(C)C3=O)c(C)c1. The fourth-order valence-corrected chi connectivity index (χ4v) is 4.17. The number of aryl methyl sites for hydroxylation is 2. The Kier molecular flexibility index (Phi) is 3.01. The molecule has 112 valence electrons. The number of amides is 1. The lowest BCUT2D eigenvalue weighted by atomic mass is 9.70. The molecule has 1 amide bonds. The minimum absolute atomic E-state index is 0.104. The van der Waals surface area contributed by atoms with Crippen LogP contribution in [0.5, 0.6) is 0 Å². The fourth-order valence-electron chi connectivity index (χ4n) is 4.17. The standard InChI is InChI=1S/C18H23NO2/c1-11-5-6-14(12(2)9-11)19-16(21)18-8-7-13(10-18)17(3,4)15(18)20/h5-6,9,13H,7-8,10H2,1-4H3,(H,19,21)/t13-,18-/m1/s1. The minimum Gasteiger partial charge on any atom is -0.325 e. The molecule has 2 bridgehead atoms. The van der Waals surface area contributed by atoms with Crippen molar-refractivity contribution in [1.29, 1.82) is 0 Å². The summed E-state index contributed by atoms with van der Waals surface area (Å²) in [4.78, 5) is 25.5. The number of carbonyl (C=O) groups is 2. The Hall–Kier alpha value is -1.64. The van der Waals surface area contributed by atoms with E-state index in [1.54, 1.807) is 0 Å². The maximum absolute atomic E-state index is 12.8. The topological polar surface area (TPSA) is 46.2 Å². The Bertz CT molecular complexity index is 632. The molecule has 1 N–H and O–H groups in total. The number of fused-ring (bicyclic) bond motifs is 2. The van der Waals surface area contributed by atoms with Crippen LogP contribution in [0.3, 0.4) is 0 Å². The van der Waals surface area contributed by atoms with Crippen LogP contribution in [-0.2, 0) is 9.59 Å². The molecule has 2 aliphatic carbocycles. The Morgan fingerprint density at radius 2 is 2.00 bits per heavy atom. The Labute approximate surface area is 126 Å². The maximum Gasteiger partial charge on any atom is 0.238 e. The van der Waals surface area contributed by atoms with E-state index in [0.29, 0.717) is 12.3 Å². The highest BCUT2D eigenvalue weighted by atomic mass is 16.2. The van der Waals surface area contributed by atoms with Crippen molar-refractivity contribution < 1.29 is 9.59 Å². The second kappa shape index (κ2) is 4.43. The van der Waals surface area contributed by atoms with Crippen LogP contribution in [0, 0.1) is 30.6 Å². The van der Waals surface area contributed by atoms with Crippen LogP contribution >= 0.6 is 0 Å². The van der Waals surface area contributed by atoms with Crippen molar-refractivity contribution in [2.45, 2.75) is 47.0 Å². The van der Waals surface area contributed by atoms with Gasteiger partial charge in [0, 0.05) is 11.1 Å². The molecule has 0 radical (unpaired) electrons. The number of rotatable bonds is 2. The van der Waals surface area contributed by atoms with Gasteiger partial charge < -0.3 is 5.32 Å². The number of carbonyl (C=O) groups excluding carboxylic acids is 2. The number of nitrogens with one attached hydrogen (secondary N) is 1. The molecular weight excluding hydrogens is 262 g/mol. The van der Waals surface area contributed by atoms with Crippen molar-refractivity contribution >= 4 is 17.4 Å². The molecule has 0 aromatic heterocycles. The van der Waals surface area contributed by atoms with Gasteiger partial charge in [-0.25, -0.2) is 0 Å². The lowest BCUT2D eigenvalue weighted by Gasteiger charge is -2.32. The first-order valence-electron chi connectivity index (χ1n) is 7.71. The number of hydrogen-bond donors (Lipinski definition) is 1. The average Bonchev–Trinajstić information content (AvgIpc) is 2.93. The van der Waals surface area contributed by atoms with Gasteiger partial charge in [-0.2, -0.15) is 0 Å². The smallest absolute Gasteiger partial charge is 0.238 e. The van der Waals surface area contributed by atoms with Crippen molar-refractivity contribution in [3.05, 3.63) is 29.3 Å². The molecule has 2 aliphatic rings. The van der Waals surface area contributed by atoms with E-state index in [0.717, 1.165) is 24.1 Å². The highest BCUT2D eigenvalue weighted by Crippen LogP contribution is 2.60. The highest BCUT2D eigenvalue weighted by Gasteiger charge is 2.65. The predicted octanol–water partition coefficient (Wildman–Crippen LogP) is 3.64. The molecule has 0 aliphatic heterocycles. The largest absolute Gasteiger partial charge is 0.325 e. The zero-order valence-corrected chi connectivity index (χ0v) is 13.2. The molecule has 0 heterocycles. The first-order valence-corrected chi connectivity index (χ1v) is 7.71. The molecule has 3 rings (SSSR count). The van der Waals surface area contributed by atoms with Gasteiger partial charge in [-0.1, -0.05) is 31.5 Å². The van der Waals surface area contributed by atoms with Gasteiger partial charge in [0.2, 0.25) is 5.91 Å². The second-order valence-electron chi connectivity index (χ2n) is 7.35. The van der Waals surface area contributed by atoms with Gasteiger partial charge in [-0.05, 0) is 50.7 Å². The monoisotopic (exact) mass is 285 g/mol. The van der Waals surface area contributed by atoms with E-state index in [1.807, 2.05) is 45.9 Å². The highest BCUT2D eigenvalue weighted by molar-refractivity contribution is 6.15. The molecule has 2 atom stereocenters. The van der Waals surface area contributed by atoms with Crippen molar-refractivity contribution in [2.24, 2.45) is 16.7 Å². The summed E-state index contributed by atoms with van der Waals surface area (Å²) in [5.74, 6) is 0.385. The normalized spacial score (nSPS) is 29.7. The van der Waals surface area contributed by atoms with Gasteiger partial charge in [0.05, 0.1) is 0 Å². The van der Waals surface area contributed by atoms with Crippen molar-refractivity contribution in [1.82, 2.24) is 0 Å². The first-order chi connectivity index (χ1) is 9.77. The van der Waals surface area contributed by atoms with E-state index < -0.39 is 5.41 Å². The van der Waals surface area contributed by atoms with E-state index in [2.05, 4.69) is 5.32 Å². The third kappa shape index (κ3) is 1.94. The summed E-state index contributed by atoms with van der Waals surface area (Å²) in [7, 11) is 0. The summed E-state index contributed by atoms with van der Waals surface area (Å²) in [5.41, 5.74) is 1.89. The number of ketones is 1. The lowest BCUT2D eigenvalue weighted by Crippen LogP contribution is -2.44. The van der Waals surface area contributed by atoms with Crippen LogP contribution < -0.4 is 5.32 Å². The van der Waals surface area contributed by atoms with E-state index >= 15 is 0 Å². The van der Waals surface area contributed by atoms with E-state index in [4.69, 9.17) is 0 Å². The molecule has 3 heteroatoms. The molecule has 0 unspecified atom stereocenters. The molecular formula is C18H23NO2. The summed E-state index contributed by atoms with van der Waals surface area (Å²) in [6.07, 6.45) is 2.41. The van der Waals surface area contributed by atoms with Crippen LogP contribution in [0.2, 0.25) is 0 Å². The van der Waals surface area contributed by atoms with E-state index in [1.165, 1.54) is 5.56 Å². The van der Waals surface area contributed by atoms with E-state index in [9.17, 15) is 9.59 Å². The van der Waals surface area contributed by atoms with Gasteiger partial charge in [0.15, 0.2) is 5.78 Å². The van der Waals surface area contributed by atoms with Crippen LogP contribution in [0.15, 0.2) is 18.2 Å². The molecule has 3 nitrogen and oxygen atoms in total. The number of benzene rings is 1. The van der Waals surface area contributed by atoms with Gasteiger partial charge in [0.25, 0.3) is 0 Å². The number of anilines is 1. The molecule has 1 aromatic carbocycles. The quantitative estimate of drug-likeness (QED) is 0.843. The molecule has 0 saturated heterocycles. The molecule has 2 fully saturated rings. The van der Waals surface area contributed by atoms with Gasteiger partial charge in [0.1, 0.15) is 5.41 Å². The van der Waals surface area contributed by atoms with E-state index in [-0.39, 0.29) is 17.1 Å². The molecule has 1 aromatic rings. The first kappa shape index (κ1) is 14.3. The zero-order valence-electron chi connectivity index (χ0n) is 13.2. The Morgan fingerprint density at radius 1 is 1.29 bits per heavy atom. The van der Waals surface area contributed by atoms with Crippen LogP contribution in [0.1, 0.15) is 44.2 Å². The fraction of sp³-hybridized carbons (Fsp3) is 0.556. The predicted molar refractivity (Wildman–Crippen MR) is 83.1 cm³/mol. The summed E-state index contributed by atoms with van der Waals surface area (Å²) < 4.78 is 0. The summed E-state index contributed by atoms with van der Waals surface area (Å²) in [5, 5.41) is 3.01. The Balaban J connectivity index is 1.88. The van der Waals surface area contributed by atoms with Gasteiger partial charge in [-0.15, -0.1) is 0 Å². The zero-order chi connectivity index (χ0) is 15.4. The number of Topliss-reactive ketones (excluding diaryl/α,β-unsaturated/α-hetero) is 1. The summed E-state index contributed by atoms with van der Waals surface area (Å²) >= 11 is 0. The van der Waals surface area contributed by atoms with Crippen LogP contribution in [0.4, 0.5) is 5.69 Å². The molecule has 21 heavy (non-hydrogen) atoms. The van der Waals surface area contributed by atoms with Crippen molar-refractivity contribution in [3.63, 3.8) is 0 Å². The third-order valence-corrected chi connectivity index (χ3v) is 5.62. The maximum atomic E-state index is 12.8. The lowest BCUT2D eigenvalue weighted by molar-refractivity contribution is -0.142. The van der Waals surface area contributed by atoms with Gasteiger partial charge >= 0.3 is 0 Å². The molecule has 0 spiro atoms. The second-order valence-corrected chi connectivity index (χ2v) is 7.35. The third-order valence-electron chi connectivity index (χ3n) is 5.62. The van der Waals surface area contributed by atoms with Gasteiger partial charge in [-0.3, -0.25) is 9.59 Å². The molecule has 2 saturated carbocycles. The minimum atomic E-state index is -0.786. The number of hydrogen-bond acceptors (Lipinski definition) is 2.